The number of para-hydroxylation sites is 1. The minimum atomic E-state index is -0.352. The van der Waals surface area contributed by atoms with Gasteiger partial charge in [-0.15, -0.1) is 5.10 Å². The van der Waals surface area contributed by atoms with Gasteiger partial charge in [0.05, 0.1) is 0 Å². The number of aryl methyl sites for hydroxylation is 1. The van der Waals surface area contributed by atoms with Crippen LogP contribution in [-0.4, -0.2) is 21.1 Å². The van der Waals surface area contributed by atoms with Gasteiger partial charge in [0.15, 0.2) is 0 Å². The predicted octanol–water partition coefficient (Wildman–Crippen LogP) is 1.20. The Hall–Kier alpha value is -2.37. The number of nitrogens with zero attached hydrogens (tertiary/aromatic N) is 2. The number of carbonyl (C=O) groups excluding carboxylic acids is 1. The van der Waals surface area contributed by atoms with Crippen molar-refractivity contribution < 1.29 is 4.79 Å². The van der Waals surface area contributed by atoms with Gasteiger partial charge in [0.2, 0.25) is 11.8 Å². The van der Waals surface area contributed by atoms with E-state index in [-0.39, 0.29) is 17.7 Å². The third-order valence-electron chi connectivity index (χ3n) is 2.36. The van der Waals surface area contributed by atoms with E-state index in [1.54, 1.807) is 0 Å². The SMILES string of the molecule is CCc1ccccc1NC(=O)c1nc(N)n[nH]1. The molecule has 0 saturated heterocycles. The van der Waals surface area contributed by atoms with Gasteiger partial charge in [-0.25, -0.2) is 0 Å². The molecule has 1 aromatic heterocycles. The van der Waals surface area contributed by atoms with Crippen molar-refractivity contribution in [2.75, 3.05) is 11.1 Å². The number of benzene rings is 1. The number of aromatic amines is 1. The number of aromatic nitrogens is 3. The Bertz CT molecular complexity index is 534. The third kappa shape index (κ3) is 2.41. The fourth-order valence-corrected chi connectivity index (χ4v) is 1.51. The number of hydrogen-bond donors (Lipinski definition) is 3. The molecule has 1 aromatic carbocycles. The highest BCUT2D eigenvalue weighted by Gasteiger charge is 2.11. The van der Waals surface area contributed by atoms with Crippen LogP contribution in [0.4, 0.5) is 11.6 Å². The Morgan fingerprint density at radius 1 is 1.47 bits per heavy atom. The van der Waals surface area contributed by atoms with Crippen molar-refractivity contribution in [1.82, 2.24) is 15.2 Å². The van der Waals surface area contributed by atoms with Gasteiger partial charge in [0.1, 0.15) is 0 Å². The van der Waals surface area contributed by atoms with Crippen molar-refractivity contribution in [1.29, 1.82) is 0 Å². The van der Waals surface area contributed by atoms with Gasteiger partial charge in [0.25, 0.3) is 5.91 Å². The van der Waals surface area contributed by atoms with Gasteiger partial charge >= 0.3 is 0 Å². The van der Waals surface area contributed by atoms with E-state index in [9.17, 15) is 4.79 Å². The molecule has 88 valence electrons. The van der Waals surface area contributed by atoms with Crippen LogP contribution in [0, 0.1) is 0 Å². The monoisotopic (exact) mass is 231 g/mol. The number of amides is 1. The number of anilines is 2. The van der Waals surface area contributed by atoms with Crippen molar-refractivity contribution in [2.24, 2.45) is 0 Å². The molecule has 2 rings (SSSR count). The second-order valence-electron chi connectivity index (χ2n) is 3.51. The molecular weight excluding hydrogens is 218 g/mol. The first-order valence-electron chi connectivity index (χ1n) is 5.28. The summed E-state index contributed by atoms with van der Waals surface area (Å²) in [6.07, 6.45) is 0.842. The van der Waals surface area contributed by atoms with Gasteiger partial charge in [0, 0.05) is 5.69 Å². The van der Waals surface area contributed by atoms with Crippen LogP contribution in [0.2, 0.25) is 0 Å². The van der Waals surface area contributed by atoms with Crippen molar-refractivity contribution in [3.63, 3.8) is 0 Å². The van der Waals surface area contributed by atoms with Crippen LogP contribution >= 0.6 is 0 Å². The summed E-state index contributed by atoms with van der Waals surface area (Å²) < 4.78 is 0. The van der Waals surface area contributed by atoms with Crippen LogP contribution in [0.25, 0.3) is 0 Å². The highest BCUT2D eigenvalue weighted by Crippen LogP contribution is 2.15. The maximum atomic E-state index is 11.8. The van der Waals surface area contributed by atoms with Gasteiger partial charge in [-0.1, -0.05) is 25.1 Å². The van der Waals surface area contributed by atoms with Gasteiger partial charge < -0.3 is 11.1 Å². The largest absolute Gasteiger partial charge is 0.366 e. The summed E-state index contributed by atoms with van der Waals surface area (Å²) in [5.41, 5.74) is 7.17. The molecule has 2 aromatic rings. The van der Waals surface area contributed by atoms with E-state index in [1.165, 1.54) is 0 Å². The summed E-state index contributed by atoms with van der Waals surface area (Å²) in [5.74, 6) is -0.192. The maximum absolute atomic E-state index is 11.8. The number of H-pyrrole nitrogens is 1. The zero-order valence-corrected chi connectivity index (χ0v) is 9.40. The molecule has 0 aliphatic rings. The fraction of sp³-hybridized carbons (Fsp3) is 0.182. The molecule has 1 heterocycles. The minimum Gasteiger partial charge on any atom is -0.366 e. The lowest BCUT2D eigenvalue weighted by molar-refractivity contribution is 0.101. The second-order valence-corrected chi connectivity index (χ2v) is 3.51. The molecule has 0 radical (unpaired) electrons. The highest BCUT2D eigenvalue weighted by molar-refractivity contribution is 6.02. The smallest absolute Gasteiger partial charge is 0.293 e. The van der Waals surface area contributed by atoms with Crippen molar-refractivity contribution in [2.45, 2.75) is 13.3 Å². The number of hydrogen-bond acceptors (Lipinski definition) is 4. The van der Waals surface area contributed by atoms with Crippen LogP contribution in [0.15, 0.2) is 24.3 Å². The average Bonchev–Trinajstić information content (AvgIpc) is 2.77. The molecule has 0 aliphatic heterocycles. The van der Waals surface area contributed by atoms with Gasteiger partial charge in [-0.3, -0.25) is 9.89 Å². The number of carbonyl (C=O) groups is 1. The lowest BCUT2D eigenvalue weighted by Gasteiger charge is -2.07. The molecule has 1 amide bonds. The van der Waals surface area contributed by atoms with E-state index < -0.39 is 0 Å². The normalized spacial score (nSPS) is 10.2. The average molecular weight is 231 g/mol. The van der Waals surface area contributed by atoms with Crippen LogP contribution in [0.1, 0.15) is 23.1 Å². The summed E-state index contributed by atoms with van der Waals surface area (Å²) in [5, 5.41) is 8.83. The second kappa shape index (κ2) is 4.65. The highest BCUT2D eigenvalue weighted by atomic mass is 16.2. The lowest BCUT2D eigenvalue weighted by atomic mass is 10.1. The third-order valence-corrected chi connectivity index (χ3v) is 2.36. The van der Waals surface area contributed by atoms with Crippen LogP contribution < -0.4 is 11.1 Å². The first-order valence-corrected chi connectivity index (χ1v) is 5.28. The number of rotatable bonds is 3. The molecule has 0 bridgehead atoms. The van der Waals surface area contributed by atoms with E-state index in [2.05, 4.69) is 20.5 Å². The van der Waals surface area contributed by atoms with E-state index in [1.807, 2.05) is 31.2 Å². The molecule has 0 atom stereocenters. The summed E-state index contributed by atoms with van der Waals surface area (Å²) in [7, 11) is 0. The Kier molecular flexibility index (Phi) is 3.04. The molecule has 6 heteroatoms. The lowest BCUT2D eigenvalue weighted by Crippen LogP contribution is -2.15. The number of nitrogen functional groups attached to an aromatic ring is 1. The van der Waals surface area contributed by atoms with E-state index in [0.29, 0.717) is 0 Å². The van der Waals surface area contributed by atoms with Gasteiger partial charge in [-0.05, 0) is 18.1 Å². The molecule has 0 spiro atoms. The standard InChI is InChI=1S/C11H13N5O/c1-2-7-5-3-4-6-8(7)13-10(17)9-14-11(12)16-15-9/h3-6H,2H2,1H3,(H,13,17)(H3,12,14,15,16). The molecule has 6 nitrogen and oxygen atoms in total. The van der Waals surface area contributed by atoms with Crippen molar-refractivity contribution >= 4 is 17.5 Å². The van der Waals surface area contributed by atoms with Crippen LogP contribution in [0.3, 0.4) is 0 Å². The zero-order chi connectivity index (χ0) is 12.3. The first kappa shape index (κ1) is 11.1. The van der Waals surface area contributed by atoms with Crippen molar-refractivity contribution in [3.8, 4) is 0 Å². The summed E-state index contributed by atoms with van der Waals surface area (Å²) in [6.45, 7) is 2.03. The maximum Gasteiger partial charge on any atom is 0.293 e. The molecule has 0 aliphatic carbocycles. The van der Waals surface area contributed by atoms with Crippen LogP contribution in [-0.2, 0) is 6.42 Å². The Morgan fingerprint density at radius 3 is 2.88 bits per heavy atom. The zero-order valence-electron chi connectivity index (χ0n) is 9.40. The fourth-order valence-electron chi connectivity index (χ4n) is 1.51. The topological polar surface area (TPSA) is 96.7 Å². The van der Waals surface area contributed by atoms with Crippen LogP contribution in [0.5, 0.6) is 0 Å². The molecule has 4 N–H and O–H groups in total. The predicted molar refractivity (Wildman–Crippen MR) is 64.6 cm³/mol. The Balaban J connectivity index is 2.18. The van der Waals surface area contributed by atoms with Crippen molar-refractivity contribution in [3.05, 3.63) is 35.7 Å². The molecular formula is C11H13N5O. The molecule has 0 saturated carbocycles. The van der Waals surface area contributed by atoms with E-state index >= 15 is 0 Å². The number of nitrogens with two attached hydrogens (primary N) is 1. The van der Waals surface area contributed by atoms with Gasteiger partial charge in [-0.2, -0.15) is 4.98 Å². The molecule has 0 fully saturated rings. The summed E-state index contributed by atoms with van der Waals surface area (Å²) in [4.78, 5) is 15.6. The quantitative estimate of drug-likeness (QED) is 0.739. The first-order chi connectivity index (χ1) is 8.20. The van der Waals surface area contributed by atoms with E-state index in [0.717, 1.165) is 17.7 Å². The molecule has 0 unspecified atom stereocenters. The number of nitrogens with one attached hydrogen (secondary N) is 2. The Labute approximate surface area is 98.3 Å². The summed E-state index contributed by atoms with van der Waals surface area (Å²) >= 11 is 0. The Morgan fingerprint density at radius 2 is 2.24 bits per heavy atom. The van der Waals surface area contributed by atoms with E-state index in [4.69, 9.17) is 5.73 Å². The minimum absolute atomic E-state index is 0.0546. The molecule has 17 heavy (non-hydrogen) atoms. The summed E-state index contributed by atoms with van der Waals surface area (Å²) in [6, 6.07) is 7.60.